The Kier molecular flexibility index (Phi) is 4.44. The van der Waals surface area contributed by atoms with Crippen molar-refractivity contribution in [3.8, 4) is 0 Å². The molecule has 2 aliphatic rings. The molecule has 2 aromatic rings. The summed E-state index contributed by atoms with van der Waals surface area (Å²) in [5, 5.41) is 0. The molecule has 0 saturated carbocycles. The number of furan rings is 1. The van der Waals surface area contributed by atoms with Gasteiger partial charge < -0.3 is 19.8 Å². The van der Waals surface area contributed by atoms with E-state index in [2.05, 4.69) is 4.98 Å². The lowest BCUT2D eigenvalue weighted by atomic mass is 9.94. The molecular formula is C20H25N3O3. The molecule has 0 bridgehead atoms. The molecule has 0 aromatic carbocycles. The maximum atomic E-state index is 13.2. The highest BCUT2D eigenvalue weighted by molar-refractivity contribution is 5.97. The zero-order valence-corrected chi connectivity index (χ0v) is 15.4. The van der Waals surface area contributed by atoms with Crippen LogP contribution in [-0.4, -0.2) is 35.5 Å². The number of anilines is 1. The lowest BCUT2D eigenvalue weighted by Gasteiger charge is -2.33. The van der Waals surface area contributed by atoms with Crippen LogP contribution in [0.15, 0.2) is 16.5 Å². The Balaban J connectivity index is 1.58. The summed E-state index contributed by atoms with van der Waals surface area (Å²) in [6.07, 6.45) is 3.86. The van der Waals surface area contributed by atoms with E-state index in [1.165, 1.54) is 0 Å². The second kappa shape index (κ2) is 6.76. The number of pyridine rings is 1. The number of nitrogen functional groups attached to an aromatic ring is 1. The van der Waals surface area contributed by atoms with E-state index in [0.717, 1.165) is 59.7 Å². The van der Waals surface area contributed by atoms with Crippen LogP contribution in [-0.2, 0) is 17.6 Å². The molecule has 1 saturated heterocycles. The highest BCUT2D eigenvalue weighted by atomic mass is 16.5. The normalized spacial score (nSPS) is 20.1. The Morgan fingerprint density at radius 3 is 2.88 bits per heavy atom. The number of morpholine rings is 1. The number of fused-ring (bicyclic) bond motifs is 1. The third-order valence-electron chi connectivity index (χ3n) is 5.24. The maximum absolute atomic E-state index is 13.2. The molecule has 1 aliphatic heterocycles. The molecule has 1 atom stereocenters. The van der Waals surface area contributed by atoms with Gasteiger partial charge in [-0.15, -0.1) is 0 Å². The Morgan fingerprint density at radius 1 is 1.27 bits per heavy atom. The summed E-state index contributed by atoms with van der Waals surface area (Å²) in [6, 6.07) is 3.66. The summed E-state index contributed by atoms with van der Waals surface area (Å²) in [7, 11) is 0. The molecule has 0 radical (unpaired) electrons. The molecule has 1 fully saturated rings. The van der Waals surface area contributed by atoms with E-state index in [0.29, 0.717) is 25.4 Å². The van der Waals surface area contributed by atoms with Crippen molar-refractivity contribution in [2.75, 3.05) is 25.4 Å². The van der Waals surface area contributed by atoms with Gasteiger partial charge in [0.2, 0.25) is 0 Å². The Morgan fingerprint density at radius 2 is 2.08 bits per heavy atom. The first-order valence-corrected chi connectivity index (χ1v) is 9.29. The van der Waals surface area contributed by atoms with E-state index in [9.17, 15) is 4.79 Å². The average molecular weight is 355 g/mol. The number of ether oxygens (including phenoxy) is 1. The third kappa shape index (κ3) is 3.09. The van der Waals surface area contributed by atoms with Crippen LogP contribution in [0.3, 0.4) is 0 Å². The summed E-state index contributed by atoms with van der Waals surface area (Å²) in [5.41, 5.74) is 10.1. The van der Waals surface area contributed by atoms with Gasteiger partial charge in [-0.2, -0.15) is 0 Å². The minimum atomic E-state index is -0.252. The monoisotopic (exact) mass is 355 g/mol. The van der Waals surface area contributed by atoms with Crippen molar-refractivity contribution in [1.82, 2.24) is 9.88 Å². The minimum absolute atomic E-state index is 0.0447. The first kappa shape index (κ1) is 17.1. The zero-order chi connectivity index (χ0) is 18.3. The number of rotatable bonds is 2. The summed E-state index contributed by atoms with van der Waals surface area (Å²) in [5.74, 6) is 1.78. The number of nitrogens with two attached hydrogens (primary N) is 1. The van der Waals surface area contributed by atoms with Crippen LogP contribution in [0.2, 0.25) is 0 Å². The molecular weight excluding hydrogens is 330 g/mol. The SMILES string of the molecule is Cc1cc(N)cc([C@H]2CN(C(=O)c3c(C)oc4c3CCCC4)CCO2)n1. The first-order valence-electron chi connectivity index (χ1n) is 9.29. The third-order valence-corrected chi connectivity index (χ3v) is 5.24. The van der Waals surface area contributed by atoms with Crippen molar-refractivity contribution in [2.45, 2.75) is 45.6 Å². The molecule has 138 valence electrons. The number of aromatic nitrogens is 1. The second-order valence-electron chi connectivity index (χ2n) is 7.22. The van der Waals surface area contributed by atoms with Gasteiger partial charge in [0.25, 0.3) is 5.91 Å². The Labute approximate surface area is 153 Å². The molecule has 1 aliphatic carbocycles. The van der Waals surface area contributed by atoms with Gasteiger partial charge in [0.05, 0.1) is 24.4 Å². The van der Waals surface area contributed by atoms with Crippen molar-refractivity contribution in [1.29, 1.82) is 0 Å². The predicted octanol–water partition coefficient (Wildman–Crippen LogP) is 2.97. The van der Waals surface area contributed by atoms with Crippen molar-refractivity contribution >= 4 is 11.6 Å². The highest BCUT2D eigenvalue weighted by Gasteiger charge is 2.32. The minimum Gasteiger partial charge on any atom is -0.465 e. The maximum Gasteiger partial charge on any atom is 0.257 e. The zero-order valence-electron chi connectivity index (χ0n) is 15.4. The fraction of sp³-hybridized carbons (Fsp3) is 0.500. The lowest BCUT2D eigenvalue weighted by molar-refractivity contribution is -0.0248. The quantitative estimate of drug-likeness (QED) is 0.896. The van der Waals surface area contributed by atoms with Crippen molar-refractivity contribution in [3.63, 3.8) is 0 Å². The first-order chi connectivity index (χ1) is 12.5. The Hall–Kier alpha value is -2.34. The van der Waals surface area contributed by atoms with Crippen LogP contribution < -0.4 is 5.73 Å². The van der Waals surface area contributed by atoms with Crippen LogP contribution in [0.25, 0.3) is 0 Å². The van der Waals surface area contributed by atoms with Crippen LogP contribution in [0, 0.1) is 13.8 Å². The summed E-state index contributed by atoms with van der Waals surface area (Å²) in [4.78, 5) is 19.6. The molecule has 6 heteroatoms. The highest BCUT2D eigenvalue weighted by Crippen LogP contribution is 2.32. The smallest absolute Gasteiger partial charge is 0.257 e. The van der Waals surface area contributed by atoms with Gasteiger partial charge in [0.15, 0.2) is 0 Å². The van der Waals surface area contributed by atoms with Crippen molar-refractivity contribution < 1.29 is 13.9 Å². The number of hydrogen-bond donors (Lipinski definition) is 1. The van der Waals surface area contributed by atoms with Gasteiger partial charge >= 0.3 is 0 Å². The molecule has 26 heavy (non-hydrogen) atoms. The largest absolute Gasteiger partial charge is 0.465 e. The van der Waals surface area contributed by atoms with Crippen LogP contribution >= 0.6 is 0 Å². The average Bonchev–Trinajstić information content (AvgIpc) is 2.96. The van der Waals surface area contributed by atoms with E-state index in [1.54, 1.807) is 0 Å². The lowest BCUT2D eigenvalue weighted by Crippen LogP contribution is -2.43. The standard InChI is InChI=1S/C20H25N3O3/c1-12-9-14(21)10-16(22-12)18-11-23(7-8-25-18)20(24)19-13(2)26-17-6-4-3-5-15(17)19/h9-10,18H,3-8,11H2,1-2H3,(H2,21,22)/t18-/m1/s1. The van der Waals surface area contributed by atoms with E-state index < -0.39 is 0 Å². The molecule has 6 nitrogen and oxygen atoms in total. The van der Waals surface area contributed by atoms with Crippen molar-refractivity contribution in [3.05, 3.63) is 46.2 Å². The molecule has 4 rings (SSSR count). The number of amides is 1. The summed E-state index contributed by atoms with van der Waals surface area (Å²) >= 11 is 0. The van der Waals surface area contributed by atoms with E-state index in [1.807, 2.05) is 30.9 Å². The summed E-state index contributed by atoms with van der Waals surface area (Å²) < 4.78 is 11.8. The number of hydrogen-bond acceptors (Lipinski definition) is 5. The predicted molar refractivity (Wildman–Crippen MR) is 98.1 cm³/mol. The van der Waals surface area contributed by atoms with Crippen LogP contribution in [0.1, 0.15) is 57.8 Å². The van der Waals surface area contributed by atoms with Crippen LogP contribution in [0.4, 0.5) is 5.69 Å². The van der Waals surface area contributed by atoms with Gasteiger partial charge in [-0.25, -0.2) is 0 Å². The molecule has 0 unspecified atom stereocenters. The number of carbonyl (C=O) groups is 1. The van der Waals surface area contributed by atoms with Gasteiger partial charge in [-0.3, -0.25) is 9.78 Å². The fourth-order valence-electron chi connectivity index (χ4n) is 4.04. The number of carbonyl (C=O) groups excluding carboxylic acids is 1. The van der Waals surface area contributed by atoms with E-state index in [4.69, 9.17) is 14.9 Å². The molecule has 2 N–H and O–H groups in total. The van der Waals surface area contributed by atoms with E-state index >= 15 is 0 Å². The number of nitrogens with zero attached hydrogens (tertiary/aromatic N) is 2. The van der Waals surface area contributed by atoms with Gasteiger partial charge in [-0.05, 0) is 45.2 Å². The van der Waals surface area contributed by atoms with Gasteiger partial charge in [0, 0.05) is 29.9 Å². The van der Waals surface area contributed by atoms with Crippen molar-refractivity contribution in [2.24, 2.45) is 0 Å². The molecule has 1 amide bonds. The Bertz CT molecular complexity index is 823. The topological polar surface area (TPSA) is 81.6 Å². The molecule has 3 heterocycles. The van der Waals surface area contributed by atoms with Crippen LogP contribution in [0.5, 0.6) is 0 Å². The van der Waals surface area contributed by atoms with E-state index in [-0.39, 0.29) is 12.0 Å². The number of aryl methyl sites for hydroxylation is 3. The molecule has 2 aromatic heterocycles. The second-order valence-corrected chi connectivity index (χ2v) is 7.22. The fourth-order valence-corrected chi connectivity index (χ4v) is 4.04. The van der Waals surface area contributed by atoms with Gasteiger partial charge in [-0.1, -0.05) is 0 Å². The van der Waals surface area contributed by atoms with Gasteiger partial charge in [0.1, 0.15) is 17.6 Å². The molecule has 0 spiro atoms. The summed E-state index contributed by atoms with van der Waals surface area (Å²) in [6.45, 7) is 5.36.